The predicted octanol–water partition coefficient (Wildman–Crippen LogP) is 2.70. The molecule has 0 aliphatic heterocycles. The lowest BCUT2D eigenvalue weighted by Gasteiger charge is -2.12. The van der Waals surface area contributed by atoms with Crippen molar-refractivity contribution < 1.29 is 4.21 Å². The van der Waals surface area contributed by atoms with Gasteiger partial charge in [0.25, 0.3) is 0 Å². The molecule has 2 atom stereocenters. The van der Waals surface area contributed by atoms with Gasteiger partial charge in [-0.2, -0.15) is 0 Å². The molecule has 0 radical (unpaired) electrons. The third kappa shape index (κ3) is 6.00. The van der Waals surface area contributed by atoms with Crippen LogP contribution in [0.1, 0.15) is 52.4 Å². The summed E-state index contributed by atoms with van der Waals surface area (Å²) in [4.78, 5) is 0. The van der Waals surface area contributed by atoms with Gasteiger partial charge in [-0.15, -0.1) is 0 Å². The summed E-state index contributed by atoms with van der Waals surface area (Å²) in [5.74, 6) is 2.65. The third-order valence-corrected chi connectivity index (χ3v) is 5.05. The van der Waals surface area contributed by atoms with Crippen LogP contribution < -0.4 is 5.32 Å². The summed E-state index contributed by atoms with van der Waals surface area (Å²) < 4.78 is 11.8. The van der Waals surface area contributed by atoms with Gasteiger partial charge in [0.2, 0.25) is 0 Å². The first kappa shape index (κ1) is 14.2. The molecule has 0 bridgehead atoms. The fourth-order valence-corrected chi connectivity index (χ4v) is 4.04. The summed E-state index contributed by atoms with van der Waals surface area (Å²) in [6.07, 6.45) is 7.62. The first-order chi connectivity index (χ1) is 7.72. The molecule has 1 aliphatic rings. The summed E-state index contributed by atoms with van der Waals surface area (Å²) in [5, 5.41) is 3.39. The quantitative estimate of drug-likeness (QED) is 0.712. The van der Waals surface area contributed by atoms with Gasteiger partial charge < -0.3 is 5.32 Å². The highest BCUT2D eigenvalue weighted by Crippen LogP contribution is 2.25. The van der Waals surface area contributed by atoms with Crippen LogP contribution in [0.5, 0.6) is 0 Å². The normalized spacial score (nSPS) is 21.1. The minimum Gasteiger partial charge on any atom is -0.315 e. The van der Waals surface area contributed by atoms with Crippen LogP contribution in [-0.4, -0.2) is 28.3 Å². The Balaban J connectivity index is 2.01. The van der Waals surface area contributed by atoms with E-state index in [0.717, 1.165) is 36.8 Å². The average molecular weight is 245 g/mol. The summed E-state index contributed by atoms with van der Waals surface area (Å²) in [7, 11) is -0.558. The number of nitrogens with one attached hydrogen (secondary N) is 1. The van der Waals surface area contributed by atoms with Crippen LogP contribution in [0.25, 0.3) is 0 Å². The van der Waals surface area contributed by atoms with Crippen molar-refractivity contribution in [3.05, 3.63) is 0 Å². The molecule has 1 fully saturated rings. The molecule has 0 aromatic carbocycles. The van der Waals surface area contributed by atoms with E-state index in [4.69, 9.17) is 0 Å². The Hall–Kier alpha value is 0.110. The van der Waals surface area contributed by atoms with Crippen molar-refractivity contribution in [1.82, 2.24) is 5.32 Å². The molecule has 2 nitrogen and oxygen atoms in total. The highest BCUT2D eigenvalue weighted by Gasteiger charge is 2.17. The number of hydrogen-bond acceptors (Lipinski definition) is 2. The van der Waals surface area contributed by atoms with Gasteiger partial charge in [0.05, 0.1) is 0 Å². The Morgan fingerprint density at radius 3 is 2.69 bits per heavy atom. The summed E-state index contributed by atoms with van der Waals surface area (Å²) in [5.41, 5.74) is 0. The zero-order chi connectivity index (χ0) is 11.8. The van der Waals surface area contributed by atoms with Gasteiger partial charge in [-0.1, -0.05) is 19.8 Å². The fourth-order valence-electron chi connectivity index (χ4n) is 2.52. The van der Waals surface area contributed by atoms with Crippen LogP contribution in [0, 0.1) is 5.92 Å². The van der Waals surface area contributed by atoms with Crippen molar-refractivity contribution >= 4 is 10.8 Å². The minimum atomic E-state index is -0.558. The average Bonchev–Trinajstić information content (AvgIpc) is 2.70. The zero-order valence-electron chi connectivity index (χ0n) is 10.8. The Labute approximate surface area is 103 Å². The molecule has 0 saturated heterocycles. The van der Waals surface area contributed by atoms with Gasteiger partial charge in [0.1, 0.15) is 0 Å². The second-order valence-corrected chi connectivity index (χ2v) is 6.68. The highest BCUT2D eigenvalue weighted by atomic mass is 32.2. The molecule has 0 aromatic heterocycles. The van der Waals surface area contributed by atoms with Crippen LogP contribution in [0.3, 0.4) is 0 Å². The molecular formula is C13H27NOS. The molecule has 0 heterocycles. The van der Waals surface area contributed by atoms with E-state index in [1.54, 1.807) is 0 Å². The van der Waals surface area contributed by atoms with Crippen LogP contribution >= 0.6 is 0 Å². The van der Waals surface area contributed by atoms with E-state index in [0.29, 0.717) is 6.04 Å². The van der Waals surface area contributed by atoms with E-state index in [1.807, 2.05) is 0 Å². The van der Waals surface area contributed by atoms with E-state index >= 15 is 0 Å². The molecule has 1 rings (SSSR count). The van der Waals surface area contributed by atoms with Crippen molar-refractivity contribution in [2.24, 2.45) is 5.92 Å². The van der Waals surface area contributed by atoms with Crippen molar-refractivity contribution in [3.8, 4) is 0 Å². The van der Waals surface area contributed by atoms with Gasteiger partial charge in [-0.3, -0.25) is 4.21 Å². The molecule has 1 aliphatic carbocycles. The SMILES string of the molecule is CCNC(C)CCCS(=O)CC1CCCC1. The lowest BCUT2D eigenvalue weighted by atomic mass is 10.1. The van der Waals surface area contributed by atoms with Crippen molar-refractivity contribution in [2.75, 3.05) is 18.1 Å². The van der Waals surface area contributed by atoms with Crippen LogP contribution in [-0.2, 0) is 10.8 Å². The van der Waals surface area contributed by atoms with Gasteiger partial charge in [-0.05, 0) is 45.1 Å². The fraction of sp³-hybridized carbons (Fsp3) is 1.00. The molecule has 0 spiro atoms. The largest absolute Gasteiger partial charge is 0.315 e. The van der Waals surface area contributed by atoms with E-state index in [9.17, 15) is 4.21 Å². The summed E-state index contributed by atoms with van der Waals surface area (Å²) in [6.45, 7) is 5.38. The van der Waals surface area contributed by atoms with Crippen molar-refractivity contribution in [3.63, 3.8) is 0 Å². The van der Waals surface area contributed by atoms with Gasteiger partial charge in [0, 0.05) is 28.3 Å². The van der Waals surface area contributed by atoms with E-state index < -0.39 is 10.8 Å². The first-order valence-electron chi connectivity index (χ1n) is 6.80. The Morgan fingerprint density at radius 2 is 2.06 bits per heavy atom. The number of hydrogen-bond donors (Lipinski definition) is 1. The van der Waals surface area contributed by atoms with E-state index in [2.05, 4.69) is 19.2 Å². The smallest absolute Gasteiger partial charge is 0.0263 e. The second kappa shape index (κ2) is 8.24. The monoisotopic (exact) mass is 245 g/mol. The molecule has 0 aromatic rings. The van der Waals surface area contributed by atoms with Crippen LogP contribution in [0.2, 0.25) is 0 Å². The molecule has 1 N–H and O–H groups in total. The first-order valence-corrected chi connectivity index (χ1v) is 8.29. The van der Waals surface area contributed by atoms with Crippen LogP contribution in [0.15, 0.2) is 0 Å². The Kier molecular flexibility index (Phi) is 7.30. The maximum atomic E-state index is 11.8. The van der Waals surface area contributed by atoms with Gasteiger partial charge in [-0.25, -0.2) is 0 Å². The Bertz CT molecular complexity index is 202. The molecule has 96 valence electrons. The van der Waals surface area contributed by atoms with E-state index in [1.165, 1.54) is 25.7 Å². The Morgan fingerprint density at radius 1 is 1.38 bits per heavy atom. The zero-order valence-corrected chi connectivity index (χ0v) is 11.7. The van der Waals surface area contributed by atoms with Gasteiger partial charge in [0.15, 0.2) is 0 Å². The molecule has 1 saturated carbocycles. The standard InChI is InChI=1S/C13H27NOS/c1-3-14-12(2)7-6-10-16(15)11-13-8-4-5-9-13/h12-14H,3-11H2,1-2H3. The van der Waals surface area contributed by atoms with Gasteiger partial charge >= 0.3 is 0 Å². The summed E-state index contributed by atoms with van der Waals surface area (Å²) in [6, 6.07) is 0.577. The van der Waals surface area contributed by atoms with Crippen molar-refractivity contribution in [1.29, 1.82) is 0 Å². The predicted molar refractivity (Wildman–Crippen MR) is 72.2 cm³/mol. The maximum absolute atomic E-state index is 11.8. The second-order valence-electron chi connectivity index (χ2n) is 5.06. The lowest BCUT2D eigenvalue weighted by Crippen LogP contribution is -2.25. The minimum absolute atomic E-state index is 0.558. The maximum Gasteiger partial charge on any atom is 0.0263 e. The molecular weight excluding hydrogens is 218 g/mol. The van der Waals surface area contributed by atoms with Crippen molar-refractivity contribution in [2.45, 2.75) is 58.4 Å². The molecule has 2 unspecified atom stereocenters. The topological polar surface area (TPSA) is 29.1 Å². The molecule has 0 amide bonds. The van der Waals surface area contributed by atoms with E-state index in [-0.39, 0.29) is 0 Å². The molecule has 16 heavy (non-hydrogen) atoms. The third-order valence-electron chi connectivity index (χ3n) is 3.46. The highest BCUT2D eigenvalue weighted by molar-refractivity contribution is 7.84. The number of rotatable bonds is 8. The van der Waals surface area contributed by atoms with Crippen LogP contribution in [0.4, 0.5) is 0 Å². The molecule has 3 heteroatoms. The lowest BCUT2D eigenvalue weighted by molar-refractivity contribution is 0.524. The summed E-state index contributed by atoms with van der Waals surface area (Å²) >= 11 is 0.